The Hall–Kier alpha value is -2.47. The average Bonchev–Trinajstić information content (AvgIpc) is 3.09. The summed E-state index contributed by atoms with van der Waals surface area (Å²) in [5, 5.41) is 5.65. The summed E-state index contributed by atoms with van der Waals surface area (Å²) >= 11 is 0. The van der Waals surface area contributed by atoms with Gasteiger partial charge in [-0.25, -0.2) is 9.18 Å². The van der Waals surface area contributed by atoms with Gasteiger partial charge in [-0.05, 0) is 42.7 Å². The van der Waals surface area contributed by atoms with Gasteiger partial charge >= 0.3 is 6.03 Å². The van der Waals surface area contributed by atoms with Crippen LogP contribution in [0.1, 0.15) is 24.4 Å². The molecule has 2 atom stereocenters. The summed E-state index contributed by atoms with van der Waals surface area (Å²) in [6.07, 6.45) is 4.90. The maximum Gasteiger partial charge on any atom is 0.319 e. The number of aromatic nitrogens is 1. The molecule has 23 heavy (non-hydrogen) atoms. The molecule has 1 saturated heterocycles. The van der Waals surface area contributed by atoms with E-state index in [9.17, 15) is 9.18 Å². The van der Waals surface area contributed by atoms with Gasteiger partial charge in [0.05, 0.1) is 24.0 Å². The number of anilines is 1. The Balaban J connectivity index is 1.73. The van der Waals surface area contributed by atoms with E-state index >= 15 is 0 Å². The van der Waals surface area contributed by atoms with Crippen LogP contribution in [0.25, 0.3) is 0 Å². The van der Waals surface area contributed by atoms with Crippen molar-refractivity contribution in [2.75, 3.05) is 11.9 Å². The molecule has 0 radical (unpaired) electrons. The number of ether oxygens (including phenoxy) is 1. The van der Waals surface area contributed by atoms with E-state index in [0.29, 0.717) is 12.3 Å². The molecule has 6 heteroatoms. The van der Waals surface area contributed by atoms with Crippen LogP contribution in [0.15, 0.2) is 48.8 Å². The molecule has 120 valence electrons. The monoisotopic (exact) mass is 315 g/mol. The standard InChI is InChI=1S/C17H18FN3O2/c18-13-7-5-12(6-8-13)16(15-4-2-10-23-15)21-17(22)20-14-3-1-9-19-11-14/h1,3,5-9,11,15-16H,2,4,10H2,(H2,20,21,22)/t15-,16-/m0/s1. The molecule has 5 nitrogen and oxygen atoms in total. The Morgan fingerprint density at radius 2 is 2.13 bits per heavy atom. The molecule has 1 aliphatic rings. The number of pyridine rings is 1. The van der Waals surface area contributed by atoms with Crippen LogP contribution in [0.3, 0.4) is 0 Å². The first-order valence-corrected chi connectivity index (χ1v) is 7.57. The number of urea groups is 1. The van der Waals surface area contributed by atoms with Crippen LogP contribution < -0.4 is 10.6 Å². The molecule has 1 aromatic heterocycles. The van der Waals surface area contributed by atoms with E-state index < -0.39 is 0 Å². The second-order valence-corrected chi connectivity index (χ2v) is 5.42. The third kappa shape index (κ3) is 4.04. The zero-order valence-electron chi connectivity index (χ0n) is 12.5. The summed E-state index contributed by atoms with van der Waals surface area (Å²) in [7, 11) is 0. The molecule has 0 saturated carbocycles. The van der Waals surface area contributed by atoms with Crippen molar-refractivity contribution in [3.8, 4) is 0 Å². The highest BCUT2D eigenvalue weighted by molar-refractivity contribution is 5.89. The summed E-state index contributed by atoms with van der Waals surface area (Å²) in [6.45, 7) is 0.675. The van der Waals surface area contributed by atoms with Gasteiger partial charge in [0.1, 0.15) is 5.82 Å². The van der Waals surface area contributed by atoms with Crippen molar-refractivity contribution < 1.29 is 13.9 Å². The molecule has 2 amide bonds. The number of benzene rings is 1. The molecule has 0 spiro atoms. The largest absolute Gasteiger partial charge is 0.376 e. The third-order valence-electron chi connectivity index (χ3n) is 3.77. The van der Waals surface area contributed by atoms with E-state index in [1.54, 1.807) is 36.7 Å². The van der Waals surface area contributed by atoms with Gasteiger partial charge in [0.15, 0.2) is 0 Å². The van der Waals surface area contributed by atoms with E-state index in [1.807, 2.05) is 0 Å². The van der Waals surface area contributed by atoms with E-state index in [0.717, 1.165) is 18.4 Å². The maximum absolute atomic E-state index is 13.1. The number of carbonyl (C=O) groups is 1. The molecule has 1 aliphatic heterocycles. The number of hydrogen-bond acceptors (Lipinski definition) is 3. The number of hydrogen-bond donors (Lipinski definition) is 2. The first-order valence-electron chi connectivity index (χ1n) is 7.57. The summed E-state index contributed by atoms with van der Waals surface area (Å²) in [5.41, 5.74) is 1.43. The van der Waals surface area contributed by atoms with Gasteiger partial charge in [-0.1, -0.05) is 12.1 Å². The molecule has 2 heterocycles. The molecule has 0 unspecified atom stereocenters. The van der Waals surface area contributed by atoms with E-state index in [2.05, 4.69) is 15.6 Å². The zero-order chi connectivity index (χ0) is 16.1. The van der Waals surface area contributed by atoms with Gasteiger partial charge in [0, 0.05) is 12.8 Å². The summed E-state index contributed by atoms with van der Waals surface area (Å²) in [5.74, 6) is -0.306. The minimum atomic E-state index is -0.345. The van der Waals surface area contributed by atoms with Crippen LogP contribution in [0.5, 0.6) is 0 Å². The quantitative estimate of drug-likeness (QED) is 0.910. The number of nitrogens with one attached hydrogen (secondary N) is 2. The molecule has 0 aliphatic carbocycles. The number of carbonyl (C=O) groups excluding carboxylic acids is 1. The molecule has 2 aromatic rings. The lowest BCUT2D eigenvalue weighted by Crippen LogP contribution is -2.38. The fourth-order valence-corrected chi connectivity index (χ4v) is 2.67. The van der Waals surface area contributed by atoms with Crippen molar-refractivity contribution in [1.29, 1.82) is 0 Å². The van der Waals surface area contributed by atoms with Crippen LogP contribution in [-0.2, 0) is 4.74 Å². The number of rotatable bonds is 4. The predicted octanol–water partition coefficient (Wildman–Crippen LogP) is 3.26. The van der Waals surface area contributed by atoms with Gasteiger partial charge in [-0.2, -0.15) is 0 Å². The van der Waals surface area contributed by atoms with Gasteiger partial charge in [0.25, 0.3) is 0 Å². The van der Waals surface area contributed by atoms with Crippen molar-refractivity contribution in [2.24, 2.45) is 0 Å². The molecule has 1 aromatic carbocycles. The van der Waals surface area contributed by atoms with E-state index in [4.69, 9.17) is 4.74 Å². The Bertz CT molecular complexity index is 643. The number of amides is 2. The van der Waals surface area contributed by atoms with Crippen molar-refractivity contribution in [3.63, 3.8) is 0 Å². The first kappa shape index (κ1) is 15.4. The van der Waals surface area contributed by atoms with Gasteiger partial charge in [-0.3, -0.25) is 4.98 Å². The second-order valence-electron chi connectivity index (χ2n) is 5.42. The van der Waals surface area contributed by atoms with Crippen molar-refractivity contribution >= 4 is 11.7 Å². The van der Waals surface area contributed by atoms with Gasteiger partial charge in [-0.15, -0.1) is 0 Å². The fourth-order valence-electron chi connectivity index (χ4n) is 2.67. The van der Waals surface area contributed by atoms with Crippen LogP contribution in [-0.4, -0.2) is 23.7 Å². The Labute approximate surface area is 133 Å². The first-order chi connectivity index (χ1) is 11.2. The average molecular weight is 315 g/mol. The van der Waals surface area contributed by atoms with Crippen LogP contribution in [0.4, 0.5) is 14.9 Å². The highest BCUT2D eigenvalue weighted by atomic mass is 19.1. The van der Waals surface area contributed by atoms with Crippen molar-refractivity contribution in [3.05, 3.63) is 60.2 Å². The molecule has 1 fully saturated rings. The van der Waals surface area contributed by atoms with Crippen LogP contribution >= 0.6 is 0 Å². The lowest BCUT2D eigenvalue weighted by atomic mass is 9.99. The SMILES string of the molecule is O=C(Nc1cccnc1)N[C@@H](c1ccc(F)cc1)[C@@H]1CCCO1. The summed E-state index contributed by atoms with van der Waals surface area (Å²) in [4.78, 5) is 16.2. The lowest BCUT2D eigenvalue weighted by molar-refractivity contribution is 0.0815. The molecule has 2 N–H and O–H groups in total. The minimum absolute atomic E-state index is 0.111. The van der Waals surface area contributed by atoms with Crippen molar-refractivity contribution in [2.45, 2.75) is 25.0 Å². The zero-order valence-corrected chi connectivity index (χ0v) is 12.5. The topological polar surface area (TPSA) is 63.2 Å². The van der Waals surface area contributed by atoms with Gasteiger partial charge in [0.2, 0.25) is 0 Å². The fraction of sp³-hybridized carbons (Fsp3) is 0.294. The minimum Gasteiger partial charge on any atom is -0.376 e. The Kier molecular flexibility index (Phi) is 4.83. The van der Waals surface area contributed by atoms with E-state index in [1.165, 1.54) is 12.1 Å². The molecular weight excluding hydrogens is 297 g/mol. The highest BCUT2D eigenvalue weighted by Gasteiger charge is 2.28. The Morgan fingerprint density at radius 3 is 2.78 bits per heavy atom. The number of nitrogens with zero attached hydrogens (tertiary/aromatic N) is 1. The smallest absolute Gasteiger partial charge is 0.319 e. The third-order valence-corrected chi connectivity index (χ3v) is 3.77. The van der Waals surface area contributed by atoms with E-state index in [-0.39, 0.29) is 24.0 Å². The van der Waals surface area contributed by atoms with Crippen LogP contribution in [0.2, 0.25) is 0 Å². The number of halogens is 1. The normalized spacial score (nSPS) is 18.4. The molecule has 3 rings (SSSR count). The summed E-state index contributed by atoms with van der Waals surface area (Å²) < 4.78 is 18.8. The molecular formula is C17H18FN3O2. The predicted molar refractivity (Wildman–Crippen MR) is 84.5 cm³/mol. The maximum atomic E-state index is 13.1. The van der Waals surface area contributed by atoms with Gasteiger partial charge < -0.3 is 15.4 Å². The van der Waals surface area contributed by atoms with Crippen LogP contribution in [0, 0.1) is 5.82 Å². The highest BCUT2D eigenvalue weighted by Crippen LogP contribution is 2.27. The van der Waals surface area contributed by atoms with Crippen molar-refractivity contribution in [1.82, 2.24) is 10.3 Å². The lowest BCUT2D eigenvalue weighted by Gasteiger charge is -2.25. The molecule has 0 bridgehead atoms. The summed E-state index contributed by atoms with van der Waals surface area (Å²) in [6, 6.07) is 8.95. The Morgan fingerprint density at radius 1 is 1.30 bits per heavy atom. The second kappa shape index (κ2) is 7.19.